The largest absolute Gasteiger partial charge is 0.306 e. The van der Waals surface area contributed by atoms with Gasteiger partial charge in [0.15, 0.2) is 0 Å². The number of nitrogens with zero attached hydrogens (tertiary/aromatic N) is 4. The molecule has 2 aromatic heterocycles. The van der Waals surface area contributed by atoms with Gasteiger partial charge in [0.25, 0.3) is 5.91 Å². The fourth-order valence-electron chi connectivity index (χ4n) is 3.39. The van der Waals surface area contributed by atoms with Gasteiger partial charge >= 0.3 is 0 Å². The van der Waals surface area contributed by atoms with E-state index in [1.807, 2.05) is 34.3 Å². The SMILES string of the molecule is CN1CCC(n2nccc2NC(=O)c2csc(Cc3ccccc3)n2)CC1. The maximum Gasteiger partial charge on any atom is 0.276 e. The Morgan fingerprint density at radius 2 is 2.00 bits per heavy atom. The van der Waals surface area contributed by atoms with Crippen LogP contribution in [0.15, 0.2) is 48.0 Å². The lowest BCUT2D eigenvalue weighted by atomic mass is 10.1. The first-order valence-corrected chi connectivity index (χ1v) is 10.1. The zero-order valence-corrected chi connectivity index (χ0v) is 16.2. The van der Waals surface area contributed by atoms with E-state index in [0.717, 1.165) is 43.2 Å². The number of hydrogen-bond donors (Lipinski definition) is 1. The molecule has 7 heteroatoms. The quantitative estimate of drug-likeness (QED) is 0.735. The van der Waals surface area contributed by atoms with Gasteiger partial charge in [0.2, 0.25) is 0 Å². The second kappa shape index (κ2) is 8.02. The van der Waals surface area contributed by atoms with Crippen LogP contribution in [-0.4, -0.2) is 45.7 Å². The topological polar surface area (TPSA) is 63.1 Å². The van der Waals surface area contributed by atoms with Gasteiger partial charge in [-0.25, -0.2) is 9.67 Å². The molecule has 6 nitrogen and oxygen atoms in total. The standard InChI is InChI=1S/C20H23N5OS/c1-24-11-8-16(9-12-24)25-18(7-10-21-25)23-20(26)17-14-27-19(22-17)13-15-5-3-2-4-6-15/h2-7,10,14,16H,8-9,11-13H2,1H3,(H,23,26). The Kier molecular flexibility index (Phi) is 5.31. The number of aromatic nitrogens is 3. The first-order valence-electron chi connectivity index (χ1n) is 9.21. The molecule has 140 valence electrons. The van der Waals surface area contributed by atoms with Crippen LogP contribution in [0.5, 0.6) is 0 Å². The van der Waals surface area contributed by atoms with Gasteiger partial charge < -0.3 is 10.2 Å². The van der Waals surface area contributed by atoms with E-state index < -0.39 is 0 Å². The molecule has 3 aromatic rings. The number of piperidine rings is 1. The highest BCUT2D eigenvalue weighted by molar-refractivity contribution is 7.09. The van der Waals surface area contributed by atoms with E-state index in [1.165, 1.54) is 16.9 Å². The van der Waals surface area contributed by atoms with Gasteiger partial charge in [-0.3, -0.25) is 4.79 Å². The van der Waals surface area contributed by atoms with E-state index in [1.54, 1.807) is 6.20 Å². The number of amides is 1. The Labute approximate surface area is 162 Å². The van der Waals surface area contributed by atoms with E-state index in [4.69, 9.17) is 0 Å². The fourth-order valence-corrected chi connectivity index (χ4v) is 4.20. The van der Waals surface area contributed by atoms with Crippen LogP contribution in [0.2, 0.25) is 0 Å². The summed E-state index contributed by atoms with van der Waals surface area (Å²) in [5.41, 5.74) is 1.65. The lowest BCUT2D eigenvalue weighted by Gasteiger charge is -2.29. The van der Waals surface area contributed by atoms with E-state index in [9.17, 15) is 4.79 Å². The van der Waals surface area contributed by atoms with Crippen molar-refractivity contribution in [1.29, 1.82) is 0 Å². The van der Waals surface area contributed by atoms with Crippen molar-refractivity contribution < 1.29 is 4.79 Å². The molecule has 0 spiro atoms. The van der Waals surface area contributed by atoms with Gasteiger partial charge in [-0.15, -0.1) is 11.3 Å². The lowest BCUT2D eigenvalue weighted by molar-refractivity contribution is 0.102. The molecule has 3 heterocycles. The summed E-state index contributed by atoms with van der Waals surface area (Å²) in [6, 6.07) is 12.4. The summed E-state index contributed by atoms with van der Waals surface area (Å²) >= 11 is 1.52. The average molecular weight is 382 g/mol. The predicted molar refractivity (Wildman–Crippen MR) is 107 cm³/mol. The maximum atomic E-state index is 12.6. The van der Waals surface area contributed by atoms with Crippen LogP contribution >= 0.6 is 11.3 Å². The predicted octanol–water partition coefficient (Wildman–Crippen LogP) is 3.45. The molecule has 0 unspecified atom stereocenters. The zero-order chi connectivity index (χ0) is 18.6. The van der Waals surface area contributed by atoms with Gasteiger partial charge in [0, 0.05) is 17.9 Å². The minimum atomic E-state index is -0.180. The first kappa shape index (κ1) is 17.9. The van der Waals surface area contributed by atoms with Crippen molar-refractivity contribution in [2.45, 2.75) is 25.3 Å². The number of carbonyl (C=O) groups excluding carboxylic acids is 1. The van der Waals surface area contributed by atoms with Crippen LogP contribution in [0.25, 0.3) is 0 Å². The highest BCUT2D eigenvalue weighted by atomic mass is 32.1. The number of hydrogen-bond acceptors (Lipinski definition) is 5. The third kappa shape index (κ3) is 4.26. The Balaban J connectivity index is 1.42. The molecule has 0 radical (unpaired) electrons. The molecule has 27 heavy (non-hydrogen) atoms. The van der Waals surface area contributed by atoms with Crippen LogP contribution in [0.3, 0.4) is 0 Å². The highest BCUT2D eigenvalue weighted by Crippen LogP contribution is 2.25. The second-order valence-electron chi connectivity index (χ2n) is 6.94. The van der Waals surface area contributed by atoms with Crippen molar-refractivity contribution in [2.75, 3.05) is 25.5 Å². The van der Waals surface area contributed by atoms with Gasteiger partial charge in [0.1, 0.15) is 11.5 Å². The monoisotopic (exact) mass is 381 g/mol. The Morgan fingerprint density at radius 1 is 1.22 bits per heavy atom. The third-order valence-electron chi connectivity index (χ3n) is 4.93. The van der Waals surface area contributed by atoms with Gasteiger partial charge in [-0.1, -0.05) is 30.3 Å². The fraction of sp³-hybridized carbons (Fsp3) is 0.350. The molecule has 1 amide bonds. The van der Waals surface area contributed by atoms with Crippen LogP contribution in [-0.2, 0) is 6.42 Å². The first-order chi connectivity index (χ1) is 13.2. The van der Waals surface area contributed by atoms with Crippen molar-refractivity contribution in [1.82, 2.24) is 19.7 Å². The van der Waals surface area contributed by atoms with E-state index in [2.05, 4.69) is 39.5 Å². The van der Waals surface area contributed by atoms with Crippen LogP contribution in [0.4, 0.5) is 5.82 Å². The van der Waals surface area contributed by atoms with Crippen molar-refractivity contribution in [3.05, 3.63) is 64.2 Å². The van der Waals surface area contributed by atoms with E-state index in [-0.39, 0.29) is 5.91 Å². The zero-order valence-electron chi connectivity index (χ0n) is 15.3. The van der Waals surface area contributed by atoms with E-state index >= 15 is 0 Å². The van der Waals surface area contributed by atoms with Gasteiger partial charge in [-0.2, -0.15) is 5.10 Å². The Hall–Kier alpha value is -2.51. The smallest absolute Gasteiger partial charge is 0.276 e. The summed E-state index contributed by atoms with van der Waals surface area (Å²) in [6.07, 6.45) is 4.57. The normalized spacial score (nSPS) is 15.7. The van der Waals surface area contributed by atoms with Crippen molar-refractivity contribution in [2.24, 2.45) is 0 Å². The molecule has 1 aromatic carbocycles. The summed E-state index contributed by atoms with van der Waals surface area (Å²) in [4.78, 5) is 19.5. The number of nitrogens with one attached hydrogen (secondary N) is 1. The Bertz CT molecular complexity index is 896. The molecular weight excluding hydrogens is 358 g/mol. The molecule has 1 fully saturated rings. The summed E-state index contributed by atoms with van der Waals surface area (Å²) in [5.74, 6) is 0.562. The van der Waals surface area contributed by atoms with Gasteiger partial charge in [0.05, 0.1) is 17.2 Å². The molecule has 0 aliphatic carbocycles. The van der Waals surface area contributed by atoms with Crippen molar-refractivity contribution in [3.63, 3.8) is 0 Å². The summed E-state index contributed by atoms with van der Waals surface area (Å²) in [5, 5.41) is 10.2. The van der Waals surface area contributed by atoms with Crippen molar-refractivity contribution in [3.8, 4) is 0 Å². The number of rotatable bonds is 5. The molecule has 0 saturated carbocycles. The molecule has 1 aliphatic heterocycles. The number of benzene rings is 1. The molecule has 0 bridgehead atoms. The van der Waals surface area contributed by atoms with Crippen LogP contribution in [0, 0.1) is 0 Å². The maximum absolute atomic E-state index is 12.6. The van der Waals surface area contributed by atoms with Crippen LogP contribution < -0.4 is 5.32 Å². The van der Waals surface area contributed by atoms with Gasteiger partial charge in [-0.05, 0) is 38.5 Å². The minimum absolute atomic E-state index is 0.180. The molecule has 1 aliphatic rings. The highest BCUT2D eigenvalue weighted by Gasteiger charge is 2.22. The lowest BCUT2D eigenvalue weighted by Crippen LogP contribution is -2.32. The van der Waals surface area contributed by atoms with E-state index in [0.29, 0.717) is 11.7 Å². The molecule has 1 N–H and O–H groups in total. The molecule has 0 atom stereocenters. The molecular formula is C20H23N5OS. The number of anilines is 1. The molecule has 1 saturated heterocycles. The summed E-state index contributed by atoms with van der Waals surface area (Å²) < 4.78 is 1.95. The second-order valence-corrected chi connectivity index (χ2v) is 7.88. The Morgan fingerprint density at radius 3 is 2.78 bits per heavy atom. The number of carbonyl (C=O) groups is 1. The average Bonchev–Trinajstić information content (AvgIpc) is 3.33. The number of thiazole rings is 1. The summed E-state index contributed by atoms with van der Waals surface area (Å²) in [6.45, 7) is 2.10. The molecule has 4 rings (SSSR count). The number of likely N-dealkylation sites (tertiary alicyclic amines) is 1. The van der Waals surface area contributed by atoms with Crippen LogP contribution in [0.1, 0.15) is 39.9 Å². The third-order valence-corrected chi connectivity index (χ3v) is 5.78. The summed E-state index contributed by atoms with van der Waals surface area (Å²) in [7, 11) is 2.14. The minimum Gasteiger partial charge on any atom is -0.306 e. The van der Waals surface area contributed by atoms with Crippen molar-refractivity contribution >= 4 is 23.1 Å².